The Hall–Kier alpha value is -0.0800. The summed E-state index contributed by atoms with van der Waals surface area (Å²) in [5, 5.41) is 19.4. The fourth-order valence-corrected chi connectivity index (χ4v) is 1.80. The van der Waals surface area contributed by atoms with Gasteiger partial charge >= 0.3 is 0 Å². The molecule has 2 N–H and O–H groups in total. The molecule has 0 aliphatic rings. The molecule has 0 aliphatic heterocycles. The average Bonchev–Trinajstić information content (AvgIpc) is 2.17. The number of rotatable bonds is 7. The van der Waals surface area contributed by atoms with Crippen LogP contribution in [0.15, 0.2) is 0 Å². The van der Waals surface area contributed by atoms with Crippen LogP contribution >= 0.6 is 0 Å². The van der Waals surface area contributed by atoms with Crippen LogP contribution in [0.2, 0.25) is 0 Å². The summed E-state index contributed by atoms with van der Waals surface area (Å²) in [4.78, 5) is 0. The molecule has 0 saturated carbocycles. The maximum atomic E-state index is 10.0. The van der Waals surface area contributed by atoms with Crippen molar-refractivity contribution < 1.29 is 10.2 Å². The summed E-state index contributed by atoms with van der Waals surface area (Å²) in [5.74, 6) is 0.330. The van der Waals surface area contributed by atoms with E-state index in [0.717, 1.165) is 12.8 Å². The molecule has 0 radical (unpaired) electrons. The lowest BCUT2D eigenvalue weighted by atomic mass is 9.84. The lowest BCUT2D eigenvalue weighted by molar-refractivity contribution is -0.00694. The van der Waals surface area contributed by atoms with E-state index in [1.165, 1.54) is 12.8 Å². The molecule has 2 heteroatoms. The molecule has 0 rings (SSSR count). The highest BCUT2D eigenvalue weighted by atomic mass is 16.3. The molecule has 0 amide bonds. The van der Waals surface area contributed by atoms with E-state index in [1.54, 1.807) is 6.92 Å². The highest BCUT2D eigenvalue weighted by Crippen LogP contribution is 2.23. The maximum Gasteiger partial charge on any atom is 0.0618 e. The number of aliphatic hydroxyl groups is 2. The van der Waals surface area contributed by atoms with Crippen LogP contribution in [0.5, 0.6) is 0 Å². The number of unbranched alkanes of at least 4 members (excludes halogenated alkanes) is 1. The molecule has 0 aromatic heterocycles. The fourth-order valence-electron chi connectivity index (χ4n) is 1.80. The van der Waals surface area contributed by atoms with Crippen molar-refractivity contribution in [2.24, 2.45) is 11.8 Å². The van der Waals surface area contributed by atoms with Crippen LogP contribution in [-0.4, -0.2) is 22.4 Å². The molecule has 0 aromatic carbocycles. The third kappa shape index (κ3) is 4.43. The first-order valence-corrected chi connectivity index (χ1v) is 5.90. The number of aliphatic hydroxyl groups excluding tert-OH is 2. The van der Waals surface area contributed by atoms with Gasteiger partial charge in [-0.15, -0.1) is 0 Å². The lowest BCUT2D eigenvalue weighted by Crippen LogP contribution is -2.33. The van der Waals surface area contributed by atoms with Crippen molar-refractivity contribution >= 4 is 0 Å². The van der Waals surface area contributed by atoms with Gasteiger partial charge in [-0.05, 0) is 19.3 Å². The van der Waals surface area contributed by atoms with Crippen molar-refractivity contribution in [1.82, 2.24) is 0 Å². The zero-order valence-corrected chi connectivity index (χ0v) is 10.0. The van der Waals surface area contributed by atoms with Crippen molar-refractivity contribution in [1.29, 1.82) is 0 Å². The normalized spacial score (nSPS) is 20.1. The Kier molecular flexibility index (Phi) is 7.20. The zero-order valence-electron chi connectivity index (χ0n) is 10.0. The predicted molar refractivity (Wildman–Crippen MR) is 60.2 cm³/mol. The van der Waals surface area contributed by atoms with Crippen molar-refractivity contribution in [3.63, 3.8) is 0 Å². The van der Waals surface area contributed by atoms with Gasteiger partial charge in [-0.1, -0.05) is 40.0 Å². The Morgan fingerprint density at radius 2 is 1.64 bits per heavy atom. The molecule has 4 atom stereocenters. The number of hydrogen-bond acceptors (Lipinski definition) is 2. The maximum absolute atomic E-state index is 10.0. The summed E-state index contributed by atoms with van der Waals surface area (Å²) in [6.07, 6.45) is 3.64. The third-order valence-corrected chi connectivity index (χ3v) is 3.24. The molecule has 86 valence electrons. The summed E-state index contributed by atoms with van der Waals surface area (Å²) in [6.45, 7) is 7.94. The van der Waals surface area contributed by atoms with E-state index in [4.69, 9.17) is 0 Å². The average molecular weight is 202 g/mol. The van der Waals surface area contributed by atoms with E-state index < -0.39 is 6.10 Å². The summed E-state index contributed by atoms with van der Waals surface area (Å²) in [5.41, 5.74) is 0. The van der Waals surface area contributed by atoms with Gasteiger partial charge in [-0.2, -0.15) is 0 Å². The molecule has 0 bridgehead atoms. The van der Waals surface area contributed by atoms with E-state index in [1.807, 2.05) is 6.92 Å². The van der Waals surface area contributed by atoms with Gasteiger partial charge in [0, 0.05) is 5.92 Å². The van der Waals surface area contributed by atoms with Crippen LogP contribution in [0.1, 0.15) is 53.4 Å². The van der Waals surface area contributed by atoms with E-state index in [2.05, 4.69) is 13.8 Å². The molecule has 0 aliphatic carbocycles. The van der Waals surface area contributed by atoms with Gasteiger partial charge in [-0.3, -0.25) is 0 Å². The van der Waals surface area contributed by atoms with Crippen molar-refractivity contribution in [3.8, 4) is 0 Å². The van der Waals surface area contributed by atoms with Crippen LogP contribution < -0.4 is 0 Å². The summed E-state index contributed by atoms with van der Waals surface area (Å²) in [6, 6.07) is 0. The first kappa shape index (κ1) is 13.9. The Labute approximate surface area is 88.3 Å². The second-order valence-corrected chi connectivity index (χ2v) is 4.40. The fraction of sp³-hybridized carbons (Fsp3) is 1.00. The summed E-state index contributed by atoms with van der Waals surface area (Å²) < 4.78 is 0. The Morgan fingerprint density at radius 1 is 1.07 bits per heavy atom. The van der Waals surface area contributed by atoms with Gasteiger partial charge in [-0.25, -0.2) is 0 Å². The number of hydrogen-bond donors (Lipinski definition) is 2. The van der Waals surface area contributed by atoms with E-state index >= 15 is 0 Å². The quantitative estimate of drug-likeness (QED) is 0.666. The van der Waals surface area contributed by atoms with Crippen LogP contribution in [0.25, 0.3) is 0 Å². The second kappa shape index (κ2) is 7.24. The SMILES string of the molecule is CCCC[C@@H](CC)[C@@H](O)[C@@H](C)[C@@H](C)O. The summed E-state index contributed by atoms with van der Waals surface area (Å²) >= 11 is 0. The van der Waals surface area contributed by atoms with E-state index in [-0.39, 0.29) is 12.0 Å². The highest BCUT2D eigenvalue weighted by Gasteiger charge is 2.25. The molecule has 0 aromatic rings. The topological polar surface area (TPSA) is 40.5 Å². The smallest absolute Gasteiger partial charge is 0.0618 e. The second-order valence-electron chi connectivity index (χ2n) is 4.40. The highest BCUT2D eigenvalue weighted by molar-refractivity contribution is 4.76. The Morgan fingerprint density at radius 3 is 2.00 bits per heavy atom. The third-order valence-electron chi connectivity index (χ3n) is 3.24. The molecule has 0 fully saturated rings. The molecular formula is C12H26O2. The van der Waals surface area contributed by atoms with Crippen molar-refractivity contribution in [2.75, 3.05) is 0 Å². The van der Waals surface area contributed by atoms with Crippen LogP contribution in [0.3, 0.4) is 0 Å². The van der Waals surface area contributed by atoms with Gasteiger partial charge in [0.15, 0.2) is 0 Å². The predicted octanol–water partition coefficient (Wildman–Crippen LogP) is 2.58. The molecule has 14 heavy (non-hydrogen) atoms. The zero-order chi connectivity index (χ0) is 11.1. The minimum absolute atomic E-state index is 0.0168. The van der Waals surface area contributed by atoms with Crippen LogP contribution in [0.4, 0.5) is 0 Å². The largest absolute Gasteiger partial charge is 0.393 e. The Bertz CT molecular complexity index is 134. The Balaban J connectivity index is 4.08. The molecular weight excluding hydrogens is 176 g/mol. The standard InChI is InChI=1S/C12H26O2/c1-5-7-8-11(6-2)12(14)9(3)10(4)13/h9-14H,5-8H2,1-4H3/t9-,10+,11+,12-/m0/s1. The molecule has 0 saturated heterocycles. The van der Waals surface area contributed by atoms with Crippen LogP contribution in [0, 0.1) is 11.8 Å². The lowest BCUT2D eigenvalue weighted by Gasteiger charge is -2.28. The molecule has 0 unspecified atom stereocenters. The van der Waals surface area contributed by atoms with Gasteiger partial charge in [0.2, 0.25) is 0 Å². The monoisotopic (exact) mass is 202 g/mol. The molecule has 2 nitrogen and oxygen atoms in total. The summed E-state index contributed by atoms with van der Waals surface area (Å²) in [7, 11) is 0. The molecule has 0 heterocycles. The molecule has 0 spiro atoms. The van der Waals surface area contributed by atoms with Crippen molar-refractivity contribution in [3.05, 3.63) is 0 Å². The van der Waals surface area contributed by atoms with Gasteiger partial charge in [0.05, 0.1) is 12.2 Å². The van der Waals surface area contributed by atoms with Gasteiger partial charge in [0.25, 0.3) is 0 Å². The van der Waals surface area contributed by atoms with Gasteiger partial charge < -0.3 is 10.2 Å². The van der Waals surface area contributed by atoms with Gasteiger partial charge in [0.1, 0.15) is 0 Å². The first-order valence-electron chi connectivity index (χ1n) is 5.90. The first-order chi connectivity index (χ1) is 6.54. The van der Waals surface area contributed by atoms with E-state index in [9.17, 15) is 10.2 Å². The minimum Gasteiger partial charge on any atom is -0.393 e. The minimum atomic E-state index is -0.416. The van der Waals surface area contributed by atoms with Crippen LogP contribution in [-0.2, 0) is 0 Å². The van der Waals surface area contributed by atoms with Crippen molar-refractivity contribution in [2.45, 2.75) is 65.6 Å². The van der Waals surface area contributed by atoms with E-state index in [0.29, 0.717) is 5.92 Å².